The number of hydrogen-bond acceptors (Lipinski definition) is 6. The van der Waals surface area contributed by atoms with Crippen molar-refractivity contribution in [2.24, 2.45) is 0 Å². The van der Waals surface area contributed by atoms with Crippen LogP contribution in [0.15, 0.2) is 24.3 Å². The Hall–Kier alpha value is -1.63. The van der Waals surface area contributed by atoms with Gasteiger partial charge in [-0.25, -0.2) is 4.79 Å². The molecule has 0 bridgehead atoms. The number of anilines is 1. The van der Waals surface area contributed by atoms with Crippen molar-refractivity contribution in [3.8, 4) is 0 Å². The second-order valence-electron chi connectivity index (χ2n) is 4.64. The Morgan fingerprint density at radius 2 is 2.29 bits per heavy atom. The van der Waals surface area contributed by atoms with Crippen molar-refractivity contribution in [2.45, 2.75) is 25.2 Å². The molecule has 1 aliphatic heterocycles. The first-order valence-corrected chi connectivity index (χ1v) is 6.93. The summed E-state index contributed by atoms with van der Waals surface area (Å²) in [6.45, 7) is 1.55. The molecule has 2 atom stereocenters. The molecule has 0 aromatic heterocycles. The second-order valence-corrected chi connectivity index (χ2v) is 5.05. The molecule has 0 saturated carbocycles. The zero-order valence-electron chi connectivity index (χ0n) is 11.5. The summed E-state index contributed by atoms with van der Waals surface area (Å²) in [6, 6.07) is 6.73. The van der Waals surface area contributed by atoms with Crippen LogP contribution in [0.5, 0.6) is 0 Å². The number of ketones is 1. The monoisotopic (exact) mass is 313 g/mol. The van der Waals surface area contributed by atoms with Crippen molar-refractivity contribution in [3.05, 3.63) is 29.3 Å². The highest BCUT2D eigenvalue weighted by Gasteiger charge is 2.57. The number of carbonyl (C=O) groups is 2. The number of Topliss-reactive ketones (excluding diaryl/α,β-unsaturated/α-hetero) is 1. The molecule has 0 spiro atoms. The summed E-state index contributed by atoms with van der Waals surface area (Å²) >= 11 is 5.99. The Morgan fingerprint density at radius 3 is 2.95 bits per heavy atom. The van der Waals surface area contributed by atoms with Gasteiger partial charge in [-0.05, 0) is 18.6 Å². The maximum Gasteiger partial charge on any atom is 0.351 e. The van der Waals surface area contributed by atoms with Gasteiger partial charge >= 0.3 is 5.97 Å². The van der Waals surface area contributed by atoms with Crippen LogP contribution in [0.2, 0.25) is 5.02 Å². The number of carbonyl (C=O) groups excluding carboxylic acids is 2. The van der Waals surface area contributed by atoms with Crippen LogP contribution in [0.3, 0.4) is 0 Å². The maximum atomic E-state index is 12.0. The molecule has 1 fully saturated rings. The van der Waals surface area contributed by atoms with Crippen LogP contribution in [-0.2, 0) is 19.1 Å². The molecule has 0 radical (unpaired) electrons. The van der Waals surface area contributed by atoms with Crippen LogP contribution in [0.25, 0.3) is 0 Å². The van der Waals surface area contributed by atoms with Crippen LogP contribution in [0.4, 0.5) is 5.69 Å². The molecule has 1 aliphatic rings. The highest BCUT2D eigenvalue weighted by atomic mass is 35.5. The molecule has 1 saturated heterocycles. The number of halogens is 1. The van der Waals surface area contributed by atoms with Gasteiger partial charge in [0.05, 0.1) is 17.3 Å². The topological polar surface area (TPSA) is 84.9 Å². The molecule has 1 heterocycles. The summed E-state index contributed by atoms with van der Waals surface area (Å²) in [5.74, 6) is -1.76. The third-order valence-electron chi connectivity index (χ3n) is 3.09. The minimum absolute atomic E-state index is 0.118. The van der Waals surface area contributed by atoms with E-state index in [0.29, 0.717) is 17.1 Å². The van der Waals surface area contributed by atoms with Gasteiger partial charge < -0.3 is 19.9 Å². The molecule has 1 aromatic rings. The molecule has 0 aliphatic carbocycles. The van der Waals surface area contributed by atoms with Gasteiger partial charge in [0.1, 0.15) is 6.61 Å². The van der Waals surface area contributed by atoms with E-state index in [1.54, 1.807) is 24.3 Å². The van der Waals surface area contributed by atoms with Gasteiger partial charge in [-0.3, -0.25) is 4.79 Å². The number of hydrogen-bond donors (Lipinski definition) is 2. The first-order chi connectivity index (χ1) is 10.00. The highest BCUT2D eigenvalue weighted by Crippen LogP contribution is 2.29. The maximum absolute atomic E-state index is 12.0. The number of rotatable bonds is 5. The Kier molecular flexibility index (Phi) is 4.82. The quantitative estimate of drug-likeness (QED) is 0.631. The molecule has 7 heteroatoms. The fourth-order valence-electron chi connectivity index (χ4n) is 1.93. The lowest BCUT2D eigenvalue weighted by atomic mass is 9.99. The average Bonchev–Trinajstić information content (AvgIpc) is 2.76. The van der Waals surface area contributed by atoms with Gasteiger partial charge in [0, 0.05) is 0 Å². The molecule has 6 nitrogen and oxygen atoms in total. The fraction of sp³-hybridized carbons (Fsp3) is 0.429. The van der Waals surface area contributed by atoms with E-state index >= 15 is 0 Å². The van der Waals surface area contributed by atoms with E-state index in [2.05, 4.69) is 5.32 Å². The van der Waals surface area contributed by atoms with E-state index < -0.39 is 23.6 Å². The third kappa shape index (κ3) is 3.02. The van der Waals surface area contributed by atoms with Crippen molar-refractivity contribution in [3.63, 3.8) is 0 Å². The summed E-state index contributed by atoms with van der Waals surface area (Å²) in [7, 11) is 0. The van der Waals surface area contributed by atoms with E-state index in [1.807, 2.05) is 6.92 Å². The lowest BCUT2D eigenvalue weighted by Gasteiger charge is -2.26. The summed E-state index contributed by atoms with van der Waals surface area (Å²) in [5, 5.41) is 13.6. The Bertz CT molecular complexity index is 550. The fourth-order valence-corrected chi connectivity index (χ4v) is 2.12. The van der Waals surface area contributed by atoms with Gasteiger partial charge in [0.2, 0.25) is 5.78 Å². The van der Waals surface area contributed by atoms with Gasteiger partial charge in [0.25, 0.3) is 5.60 Å². The number of benzene rings is 1. The predicted octanol–water partition coefficient (Wildman–Crippen LogP) is 1.36. The van der Waals surface area contributed by atoms with Crippen LogP contribution in [0, 0.1) is 0 Å². The van der Waals surface area contributed by atoms with Gasteiger partial charge in [-0.15, -0.1) is 0 Å². The molecule has 21 heavy (non-hydrogen) atoms. The lowest BCUT2D eigenvalue weighted by Crippen LogP contribution is -2.55. The van der Waals surface area contributed by atoms with Crippen LogP contribution < -0.4 is 5.32 Å². The standard InChI is InChI=1S/C14H16ClNO5/c1-2-7-20-13(18)14(19)11(17)8-21-12(14)16-10-6-4-3-5-9(10)15/h3-6,12,16,19H,2,7-8H2,1H3. The molecule has 2 rings (SSSR count). The minimum Gasteiger partial charge on any atom is -0.463 e. The van der Waals surface area contributed by atoms with Crippen molar-refractivity contribution < 1.29 is 24.2 Å². The van der Waals surface area contributed by atoms with Crippen LogP contribution >= 0.6 is 11.6 Å². The van der Waals surface area contributed by atoms with Crippen molar-refractivity contribution in [2.75, 3.05) is 18.5 Å². The summed E-state index contributed by atoms with van der Waals surface area (Å²) in [6.07, 6.45) is -0.659. The lowest BCUT2D eigenvalue weighted by molar-refractivity contribution is -0.172. The zero-order chi connectivity index (χ0) is 15.5. The molecule has 2 unspecified atom stereocenters. The minimum atomic E-state index is -2.37. The summed E-state index contributed by atoms with van der Waals surface area (Å²) < 4.78 is 10.1. The van der Waals surface area contributed by atoms with Crippen LogP contribution in [-0.4, -0.2) is 41.9 Å². The first kappa shape index (κ1) is 15.8. The van der Waals surface area contributed by atoms with Gasteiger partial charge in [-0.2, -0.15) is 0 Å². The predicted molar refractivity (Wildman–Crippen MR) is 76.0 cm³/mol. The number of ether oxygens (including phenoxy) is 2. The van der Waals surface area contributed by atoms with Gasteiger partial charge in [0.15, 0.2) is 6.23 Å². The summed E-state index contributed by atoms with van der Waals surface area (Å²) in [4.78, 5) is 23.8. The molecular formula is C14H16ClNO5. The van der Waals surface area contributed by atoms with E-state index in [0.717, 1.165) is 0 Å². The molecule has 1 aromatic carbocycles. The van der Waals surface area contributed by atoms with Crippen molar-refractivity contribution >= 4 is 29.0 Å². The van der Waals surface area contributed by atoms with Gasteiger partial charge in [-0.1, -0.05) is 30.7 Å². The van der Waals surface area contributed by atoms with Crippen molar-refractivity contribution in [1.29, 1.82) is 0 Å². The van der Waals surface area contributed by atoms with Crippen LogP contribution in [0.1, 0.15) is 13.3 Å². The largest absolute Gasteiger partial charge is 0.463 e. The molecular weight excluding hydrogens is 298 g/mol. The Labute approximate surface area is 127 Å². The first-order valence-electron chi connectivity index (χ1n) is 6.55. The smallest absolute Gasteiger partial charge is 0.351 e. The molecule has 0 amide bonds. The second kappa shape index (κ2) is 6.43. The summed E-state index contributed by atoms with van der Waals surface area (Å²) in [5.41, 5.74) is -1.92. The highest BCUT2D eigenvalue weighted by molar-refractivity contribution is 6.33. The Morgan fingerprint density at radius 1 is 1.57 bits per heavy atom. The molecule has 2 N–H and O–H groups in total. The van der Waals surface area contributed by atoms with E-state index in [1.165, 1.54) is 0 Å². The number of esters is 1. The third-order valence-corrected chi connectivity index (χ3v) is 3.42. The van der Waals surface area contributed by atoms with E-state index in [9.17, 15) is 14.7 Å². The van der Waals surface area contributed by atoms with Crippen molar-refractivity contribution in [1.82, 2.24) is 0 Å². The number of aliphatic hydroxyl groups is 1. The zero-order valence-corrected chi connectivity index (χ0v) is 12.2. The Balaban J connectivity index is 2.20. The normalized spacial score (nSPS) is 24.9. The number of para-hydroxylation sites is 1. The van der Waals surface area contributed by atoms with E-state index in [4.69, 9.17) is 21.1 Å². The number of nitrogens with one attached hydrogen (secondary N) is 1. The SMILES string of the molecule is CCCOC(=O)C1(O)C(=O)COC1Nc1ccccc1Cl. The average molecular weight is 314 g/mol. The molecule has 114 valence electrons. The van der Waals surface area contributed by atoms with E-state index in [-0.39, 0.29) is 13.2 Å².